The molecule has 0 bridgehead atoms. The van der Waals surface area contributed by atoms with Crippen molar-refractivity contribution in [3.05, 3.63) is 80.7 Å². The molecule has 0 aliphatic carbocycles. The van der Waals surface area contributed by atoms with Gasteiger partial charge in [-0.2, -0.15) is 0 Å². The van der Waals surface area contributed by atoms with Gasteiger partial charge in [0.25, 0.3) is 0 Å². The number of hydrogen-bond acceptors (Lipinski definition) is 4. The number of hydrogen-bond donors (Lipinski definition) is 0. The zero-order valence-electron chi connectivity index (χ0n) is 12.3. The number of rotatable bonds is 3. The van der Waals surface area contributed by atoms with Crippen LogP contribution in [0.3, 0.4) is 0 Å². The van der Waals surface area contributed by atoms with Gasteiger partial charge in [-0.05, 0) is 30.7 Å². The molecule has 4 nitrogen and oxygen atoms in total. The minimum atomic E-state index is -0.680. The lowest BCUT2D eigenvalue weighted by Gasteiger charge is -2.06. The van der Waals surface area contributed by atoms with Crippen LogP contribution >= 0.6 is 11.6 Å². The highest BCUT2D eigenvalue weighted by Gasteiger charge is 2.14. The Hall–Kier alpha value is -2.59. The summed E-state index contributed by atoms with van der Waals surface area (Å²) >= 11 is 5.85. The van der Waals surface area contributed by atoms with E-state index < -0.39 is 5.97 Å². The fraction of sp³-hybridized carbons (Fsp3) is 0.111. The summed E-state index contributed by atoms with van der Waals surface area (Å²) < 4.78 is 10.6. The summed E-state index contributed by atoms with van der Waals surface area (Å²) in [6, 6.07) is 13.4. The van der Waals surface area contributed by atoms with Crippen LogP contribution < -0.4 is 5.43 Å². The Morgan fingerprint density at radius 3 is 2.78 bits per heavy atom. The number of fused-ring (bicyclic) bond motifs is 1. The Morgan fingerprint density at radius 2 is 2.00 bits per heavy atom. The normalized spacial score (nSPS) is 10.7. The molecule has 0 aliphatic rings. The lowest BCUT2D eigenvalue weighted by atomic mass is 10.1. The maximum atomic E-state index is 12.1. The molecule has 0 saturated carbocycles. The molecule has 5 heteroatoms. The number of benzene rings is 2. The highest BCUT2D eigenvalue weighted by molar-refractivity contribution is 6.31. The van der Waals surface area contributed by atoms with Gasteiger partial charge in [-0.15, -0.1) is 0 Å². The first-order valence-electron chi connectivity index (χ1n) is 6.99. The van der Waals surface area contributed by atoms with Gasteiger partial charge in [0.05, 0.1) is 5.39 Å². The van der Waals surface area contributed by atoms with E-state index in [2.05, 4.69) is 0 Å². The second kappa shape index (κ2) is 6.26. The molecule has 0 amide bonds. The van der Waals surface area contributed by atoms with Gasteiger partial charge in [0.2, 0.25) is 5.76 Å². The molecule has 0 aliphatic heterocycles. The Labute approximate surface area is 137 Å². The highest BCUT2D eigenvalue weighted by Crippen LogP contribution is 2.18. The molecule has 1 aromatic heterocycles. The van der Waals surface area contributed by atoms with Crippen LogP contribution in [0.2, 0.25) is 5.02 Å². The van der Waals surface area contributed by atoms with E-state index in [1.807, 2.05) is 31.2 Å². The molecule has 0 saturated heterocycles. The highest BCUT2D eigenvalue weighted by atomic mass is 35.5. The Bertz CT molecular complexity index is 943. The van der Waals surface area contributed by atoms with E-state index in [-0.39, 0.29) is 17.8 Å². The van der Waals surface area contributed by atoms with Gasteiger partial charge >= 0.3 is 5.97 Å². The predicted molar refractivity (Wildman–Crippen MR) is 87.8 cm³/mol. The third kappa shape index (κ3) is 3.43. The predicted octanol–water partition coefficient (Wildman–Crippen LogP) is 4.11. The standard InChI is InChI=1S/C18H13ClO4/c1-11-3-2-4-12(7-11)10-22-18(21)17-9-15(20)14-8-13(19)5-6-16(14)23-17/h2-9H,10H2,1H3. The van der Waals surface area contributed by atoms with Gasteiger partial charge in [0.1, 0.15) is 12.2 Å². The minimum absolute atomic E-state index is 0.114. The zero-order chi connectivity index (χ0) is 16.4. The van der Waals surface area contributed by atoms with Crippen LogP contribution in [0.5, 0.6) is 0 Å². The monoisotopic (exact) mass is 328 g/mol. The number of carbonyl (C=O) groups is 1. The fourth-order valence-corrected chi connectivity index (χ4v) is 2.42. The summed E-state index contributed by atoms with van der Waals surface area (Å²) in [6.45, 7) is 2.07. The van der Waals surface area contributed by atoms with Gasteiger partial charge in [0.15, 0.2) is 5.43 Å². The quantitative estimate of drug-likeness (QED) is 0.679. The average Bonchev–Trinajstić information content (AvgIpc) is 2.53. The first-order chi connectivity index (χ1) is 11.0. The maximum absolute atomic E-state index is 12.1. The molecule has 0 radical (unpaired) electrons. The summed E-state index contributed by atoms with van der Waals surface area (Å²) in [6.07, 6.45) is 0. The van der Waals surface area contributed by atoms with Crippen molar-refractivity contribution in [3.8, 4) is 0 Å². The molecule has 0 N–H and O–H groups in total. The number of halogens is 1. The Kier molecular flexibility index (Phi) is 4.17. The van der Waals surface area contributed by atoms with Gasteiger partial charge in [-0.25, -0.2) is 4.79 Å². The Morgan fingerprint density at radius 1 is 1.17 bits per heavy atom. The van der Waals surface area contributed by atoms with E-state index in [1.165, 1.54) is 6.07 Å². The molecule has 116 valence electrons. The summed E-state index contributed by atoms with van der Waals surface area (Å²) in [5, 5.41) is 0.757. The first-order valence-corrected chi connectivity index (χ1v) is 7.37. The average molecular weight is 329 g/mol. The Balaban J connectivity index is 1.83. The molecular weight excluding hydrogens is 316 g/mol. The van der Waals surface area contributed by atoms with Crippen molar-refractivity contribution >= 4 is 28.5 Å². The van der Waals surface area contributed by atoms with Gasteiger partial charge in [-0.3, -0.25) is 4.79 Å². The molecule has 3 aromatic rings. The summed E-state index contributed by atoms with van der Waals surface area (Å²) in [5.74, 6) is -0.807. The van der Waals surface area contributed by atoms with Crippen molar-refractivity contribution in [2.75, 3.05) is 0 Å². The van der Waals surface area contributed by atoms with Crippen molar-refractivity contribution < 1.29 is 13.9 Å². The van der Waals surface area contributed by atoms with Gasteiger partial charge in [-0.1, -0.05) is 41.4 Å². The van der Waals surface area contributed by atoms with E-state index in [9.17, 15) is 9.59 Å². The lowest BCUT2D eigenvalue weighted by molar-refractivity contribution is 0.0436. The van der Waals surface area contributed by atoms with Crippen LogP contribution in [0.4, 0.5) is 0 Å². The maximum Gasteiger partial charge on any atom is 0.374 e. The summed E-state index contributed by atoms with van der Waals surface area (Å²) in [7, 11) is 0. The number of ether oxygens (including phenoxy) is 1. The molecule has 0 spiro atoms. The smallest absolute Gasteiger partial charge is 0.374 e. The topological polar surface area (TPSA) is 56.5 Å². The van der Waals surface area contributed by atoms with Crippen molar-refractivity contribution in [1.82, 2.24) is 0 Å². The molecule has 23 heavy (non-hydrogen) atoms. The molecule has 0 fully saturated rings. The van der Waals surface area contributed by atoms with Gasteiger partial charge in [0, 0.05) is 11.1 Å². The van der Waals surface area contributed by atoms with Crippen LogP contribution in [0.25, 0.3) is 11.0 Å². The van der Waals surface area contributed by atoms with Crippen LogP contribution in [-0.4, -0.2) is 5.97 Å². The van der Waals surface area contributed by atoms with Crippen LogP contribution in [0, 0.1) is 6.92 Å². The first kappa shape index (κ1) is 15.3. The number of aryl methyl sites for hydroxylation is 1. The molecule has 2 aromatic carbocycles. The van der Waals surface area contributed by atoms with Crippen molar-refractivity contribution in [2.24, 2.45) is 0 Å². The van der Waals surface area contributed by atoms with Crippen molar-refractivity contribution in [3.63, 3.8) is 0 Å². The largest absolute Gasteiger partial charge is 0.455 e. The third-order valence-electron chi connectivity index (χ3n) is 3.34. The van der Waals surface area contributed by atoms with Crippen LogP contribution in [-0.2, 0) is 11.3 Å². The van der Waals surface area contributed by atoms with Crippen molar-refractivity contribution in [1.29, 1.82) is 0 Å². The second-order valence-corrected chi connectivity index (χ2v) is 5.62. The van der Waals surface area contributed by atoms with E-state index in [1.54, 1.807) is 12.1 Å². The second-order valence-electron chi connectivity index (χ2n) is 5.18. The van der Waals surface area contributed by atoms with E-state index >= 15 is 0 Å². The summed E-state index contributed by atoms with van der Waals surface area (Å²) in [4.78, 5) is 24.1. The molecule has 1 heterocycles. The molecule has 3 rings (SSSR count). The lowest BCUT2D eigenvalue weighted by Crippen LogP contribution is -2.10. The third-order valence-corrected chi connectivity index (χ3v) is 3.58. The number of carbonyl (C=O) groups excluding carboxylic acids is 1. The van der Waals surface area contributed by atoms with E-state index in [4.69, 9.17) is 20.8 Å². The molecule has 0 atom stereocenters. The van der Waals surface area contributed by atoms with Crippen LogP contribution in [0.1, 0.15) is 21.7 Å². The summed E-state index contributed by atoms with van der Waals surface area (Å²) in [5.41, 5.74) is 1.90. The fourth-order valence-electron chi connectivity index (χ4n) is 2.25. The van der Waals surface area contributed by atoms with E-state index in [0.717, 1.165) is 17.2 Å². The van der Waals surface area contributed by atoms with Crippen LogP contribution in [0.15, 0.2) is 57.7 Å². The SMILES string of the molecule is Cc1cccc(COC(=O)c2cc(=O)c3cc(Cl)ccc3o2)c1. The number of esters is 1. The molecule has 0 unspecified atom stereocenters. The zero-order valence-corrected chi connectivity index (χ0v) is 13.1. The van der Waals surface area contributed by atoms with E-state index in [0.29, 0.717) is 16.0 Å². The van der Waals surface area contributed by atoms with Gasteiger partial charge < -0.3 is 9.15 Å². The molecular formula is C18H13ClO4. The minimum Gasteiger partial charge on any atom is -0.455 e. The van der Waals surface area contributed by atoms with Crippen molar-refractivity contribution in [2.45, 2.75) is 13.5 Å².